The largest absolute Gasteiger partial charge is 0.481 e. The molecule has 2 atom stereocenters. The van der Waals surface area contributed by atoms with Gasteiger partial charge in [-0.1, -0.05) is 44.5 Å². The third-order valence-corrected chi connectivity index (χ3v) is 13.4. The van der Waals surface area contributed by atoms with Crippen molar-refractivity contribution in [2.24, 2.45) is 10.9 Å². The predicted octanol–water partition coefficient (Wildman–Crippen LogP) is 6.73. The number of hydrogen-bond acceptors (Lipinski definition) is 6. The number of aliphatic imine (C=N–C) groups is 1. The van der Waals surface area contributed by atoms with Crippen LogP contribution in [0.4, 0.5) is 0 Å². The fraction of sp³-hybridized carbons (Fsp3) is 0.462. The standard InChI is InChI=1S/C26H33ClN4O3SSi/c1-14-19(13-34-36(7,8)26(4,5)6)35-24-20(14)22(17-9-11-18(27)12-10-17)28-21(15(2)25(32)33)23-30-29-16(3)31(23)24/h9-12,15,21H,13H2,1-8H3,(H,32,33)/t15?,21-/m0/s1. The van der Waals surface area contributed by atoms with Crippen LogP contribution >= 0.6 is 22.9 Å². The van der Waals surface area contributed by atoms with E-state index in [0.717, 1.165) is 32.3 Å². The molecule has 0 radical (unpaired) electrons. The number of rotatable bonds is 6. The normalized spacial score (nSPS) is 16.7. The maximum absolute atomic E-state index is 12.1. The fourth-order valence-corrected chi connectivity index (χ4v) is 6.40. The van der Waals surface area contributed by atoms with E-state index >= 15 is 0 Å². The van der Waals surface area contributed by atoms with Gasteiger partial charge in [0.25, 0.3) is 0 Å². The second-order valence-corrected chi connectivity index (χ2v) is 17.2. The lowest BCUT2D eigenvalue weighted by Crippen LogP contribution is -2.40. The zero-order valence-corrected chi connectivity index (χ0v) is 24.6. The summed E-state index contributed by atoms with van der Waals surface area (Å²) in [5, 5.41) is 20.3. The number of carboxylic acid groups (broad SMARTS) is 1. The van der Waals surface area contributed by atoms with Crippen molar-refractivity contribution in [2.45, 2.75) is 72.3 Å². The first kappa shape index (κ1) is 26.7. The van der Waals surface area contributed by atoms with Crippen LogP contribution in [0.25, 0.3) is 5.00 Å². The minimum Gasteiger partial charge on any atom is -0.481 e. The zero-order chi connectivity index (χ0) is 26.6. The lowest BCUT2D eigenvalue weighted by Gasteiger charge is -2.36. The summed E-state index contributed by atoms with van der Waals surface area (Å²) in [6.07, 6.45) is 0. The Balaban J connectivity index is 1.93. The number of carbonyl (C=O) groups is 1. The SMILES string of the molecule is Cc1c(CO[Si](C)(C)C(C)(C)C)sc2c1C(c1ccc(Cl)cc1)=N[C@@H](C(C)C(=O)O)c1nnc(C)n1-2. The summed E-state index contributed by atoms with van der Waals surface area (Å²) in [5.74, 6) is -0.493. The third-order valence-electron chi connectivity index (χ3n) is 7.40. The van der Waals surface area contributed by atoms with Gasteiger partial charge in [0.1, 0.15) is 16.9 Å². The number of hydrogen-bond donors (Lipinski definition) is 1. The van der Waals surface area contributed by atoms with Gasteiger partial charge in [0.15, 0.2) is 14.1 Å². The molecule has 3 aromatic rings. The Hall–Kier alpha value is -2.33. The summed E-state index contributed by atoms with van der Waals surface area (Å²) >= 11 is 7.82. The molecule has 7 nitrogen and oxygen atoms in total. The monoisotopic (exact) mass is 544 g/mol. The van der Waals surface area contributed by atoms with Crippen LogP contribution in [0.15, 0.2) is 29.3 Å². The molecule has 10 heteroatoms. The van der Waals surface area contributed by atoms with Gasteiger partial charge in [0.05, 0.1) is 18.2 Å². The maximum atomic E-state index is 12.1. The van der Waals surface area contributed by atoms with Gasteiger partial charge in [-0.25, -0.2) is 0 Å². The molecule has 0 aliphatic carbocycles. The molecule has 1 aliphatic rings. The number of carboxylic acids is 1. The molecule has 0 saturated carbocycles. The van der Waals surface area contributed by atoms with E-state index < -0.39 is 26.2 Å². The molecule has 0 saturated heterocycles. The molecule has 0 bridgehead atoms. The second kappa shape index (κ2) is 9.52. The van der Waals surface area contributed by atoms with Gasteiger partial charge in [-0.3, -0.25) is 14.4 Å². The lowest BCUT2D eigenvalue weighted by atomic mass is 9.98. The number of benzene rings is 1. The van der Waals surface area contributed by atoms with Gasteiger partial charge in [0, 0.05) is 21.0 Å². The number of aliphatic carboxylic acids is 1. The Bertz CT molecular complexity index is 1340. The van der Waals surface area contributed by atoms with Crippen molar-refractivity contribution in [3.8, 4) is 5.00 Å². The summed E-state index contributed by atoms with van der Waals surface area (Å²) in [4.78, 5) is 18.2. The van der Waals surface area contributed by atoms with Gasteiger partial charge in [0.2, 0.25) is 0 Å². The van der Waals surface area contributed by atoms with Gasteiger partial charge in [-0.05, 0) is 56.6 Å². The number of aryl methyl sites for hydroxylation is 1. The molecular weight excluding hydrogens is 512 g/mol. The smallest absolute Gasteiger partial charge is 0.308 e. The van der Waals surface area contributed by atoms with E-state index in [0.29, 0.717) is 23.3 Å². The van der Waals surface area contributed by atoms with Crippen LogP contribution in [0, 0.1) is 19.8 Å². The first-order valence-corrected chi connectivity index (χ1v) is 16.1. The van der Waals surface area contributed by atoms with E-state index in [-0.39, 0.29) is 5.04 Å². The van der Waals surface area contributed by atoms with Crippen molar-refractivity contribution >= 4 is 42.9 Å². The quantitative estimate of drug-likeness (QED) is 0.347. The van der Waals surface area contributed by atoms with Crippen molar-refractivity contribution in [1.29, 1.82) is 0 Å². The average molecular weight is 545 g/mol. The first-order chi connectivity index (χ1) is 16.7. The molecule has 0 amide bonds. The van der Waals surface area contributed by atoms with Crippen molar-refractivity contribution in [2.75, 3.05) is 0 Å². The molecule has 2 aromatic heterocycles. The van der Waals surface area contributed by atoms with Crippen LogP contribution in [0.2, 0.25) is 23.2 Å². The first-order valence-electron chi connectivity index (χ1n) is 12.0. The van der Waals surface area contributed by atoms with Crippen LogP contribution in [-0.4, -0.2) is 39.9 Å². The second-order valence-electron chi connectivity index (χ2n) is 10.9. The molecule has 4 rings (SSSR count). The van der Waals surface area contributed by atoms with Crippen molar-refractivity contribution < 1.29 is 14.3 Å². The highest BCUT2D eigenvalue weighted by Gasteiger charge is 2.39. The van der Waals surface area contributed by atoms with Crippen molar-refractivity contribution in [3.05, 3.63) is 62.5 Å². The summed E-state index contributed by atoms with van der Waals surface area (Å²) in [7, 11) is -1.96. The fourth-order valence-electron chi connectivity index (χ4n) is 3.96. The minimum absolute atomic E-state index is 0.101. The Labute approximate surface area is 222 Å². The molecule has 192 valence electrons. The Morgan fingerprint density at radius 2 is 1.86 bits per heavy atom. The van der Waals surface area contributed by atoms with Crippen molar-refractivity contribution in [1.82, 2.24) is 14.8 Å². The third kappa shape index (κ3) is 4.69. The van der Waals surface area contributed by atoms with E-state index in [2.05, 4.69) is 51.0 Å². The molecule has 1 aliphatic heterocycles. The summed E-state index contributed by atoms with van der Waals surface area (Å²) in [5.41, 5.74) is 3.64. The molecule has 0 spiro atoms. The maximum Gasteiger partial charge on any atom is 0.308 e. The van der Waals surface area contributed by atoms with E-state index in [1.807, 2.05) is 35.8 Å². The average Bonchev–Trinajstić information content (AvgIpc) is 3.27. The van der Waals surface area contributed by atoms with Gasteiger partial charge < -0.3 is 9.53 Å². The van der Waals surface area contributed by atoms with E-state index in [1.165, 1.54) is 0 Å². The Kier molecular flexibility index (Phi) is 7.06. The van der Waals surface area contributed by atoms with Crippen LogP contribution < -0.4 is 0 Å². The highest BCUT2D eigenvalue weighted by Crippen LogP contribution is 2.43. The predicted molar refractivity (Wildman–Crippen MR) is 147 cm³/mol. The Morgan fingerprint density at radius 3 is 2.44 bits per heavy atom. The number of thiophene rings is 1. The number of nitrogens with zero attached hydrogens (tertiary/aromatic N) is 4. The van der Waals surface area contributed by atoms with Gasteiger partial charge in [-0.2, -0.15) is 0 Å². The molecule has 0 fully saturated rings. The molecule has 1 unspecified atom stereocenters. The van der Waals surface area contributed by atoms with Crippen molar-refractivity contribution in [3.63, 3.8) is 0 Å². The molecule has 3 heterocycles. The Morgan fingerprint density at radius 1 is 1.22 bits per heavy atom. The van der Waals surface area contributed by atoms with Crippen LogP contribution in [0.5, 0.6) is 0 Å². The van der Waals surface area contributed by atoms with E-state index in [9.17, 15) is 9.90 Å². The van der Waals surface area contributed by atoms with E-state index in [4.69, 9.17) is 21.0 Å². The van der Waals surface area contributed by atoms with Gasteiger partial charge in [-0.15, -0.1) is 21.5 Å². The van der Waals surface area contributed by atoms with Crippen LogP contribution in [0.3, 0.4) is 0 Å². The van der Waals surface area contributed by atoms with Crippen LogP contribution in [-0.2, 0) is 15.8 Å². The number of fused-ring (bicyclic) bond motifs is 3. The molecule has 1 aromatic carbocycles. The highest BCUT2D eigenvalue weighted by molar-refractivity contribution is 7.15. The van der Waals surface area contributed by atoms with Gasteiger partial charge >= 0.3 is 5.97 Å². The highest BCUT2D eigenvalue weighted by atomic mass is 35.5. The van der Waals surface area contributed by atoms with E-state index in [1.54, 1.807) is 18.3 Å². The molecule has 1 N–H and O–H groups in total. The lowest BCUT2D eigenvalue weighted by molar-refractivity contribution is -0.141. The number of aromatic nitrogens is 3. The molecule has 36 heavy (non-hydrogen) atoms. The summed E-state index contributed by atoms with van der Waals surface area (Å²) < 4.78 is 8.56. The summed E-state index contributed by atoms with van der Waals surface area (Å²) in [6.45, 7) is 17.4. The number of halogens is 1. The molecular formula is C26H33ClN4O3SSi. The zero-order valence-electron chi connectivity index (χ0n) is 22.0. The topological polar surface area (TPSA) is 89.6 Å². The minimum atomic E-state index is -1.96. The van der Waals surface area contributed by atoms with Crippen LogP contribution in [0.1, 0.15) is 67.0 Å². The summed E-state index contributed by atoms with van der Waals surface area (Å²) in [6, 6.07) is 6.81.